The molecule has 0 saturated heterocycles. The van der Waals surface area contributed by atoms with E-state index in [0.717, 1.165) is 27.0 Å². The van der Waals surface area contributed by atoms with Crippen LogP contribution in [0, 0.1) is 17.8 Å². The lowest BCUT2D eigenvalue weighted by atomic mass is 10.3. The van der Waals surface area contributed by atoms with Crippen LogP contribution in [0.15, 0.2) is 36.8 Å². The van der Waals surface area contributed by atoms with Crippen LogP contribution < -0.4 is 9.64 Å². The van der Waals surface area contributed by atoms with Crippen LogP contribution in [0.3, 0.4) is 0 Å². The molecular weight excluding hydrogens is 412 g/mol. The van der Waals surface area contributed by atoms with Gasteiger partial charge in [0, 0.05) is 41.7 Å². The largest absolute Gasteiger partial charge is 0.479 e. The first kappa shape index (κ1) is 21.6. The van der Waals surface area contributed by atoms with E-state index in [4.69, 9.17) is 4.74 Å². The lowest BCUT2D eigenvalue weighted by Crippen LogP contribution is -2.22. The number of hydrogen-bond donors (Lipinski definition) is 0. The van der Waals surface area contributed by atoms with Crippen LogP contribution in [-0.2, 0) is 0 Å². The minimum absolute atomic E-state index is 0.0222. The molecular formula is C21H23F2N3OS2. The highest BCUT2D eigenvalue weighted by molar-refractivity contribution is 7.99. The molecule has 154 valence electrons. The van der Waals surface area contributed by atoms with E-state index >= 15 is 0 Å². The molecule has 1 saturated carbocycles. The van der Waals surface area contributed by atoms with Gasteiger partial charge in [0.15, 0.2) is 5.00 Å². The SMILES string of the molecule is C=C(CCSCC1CC1(F)F)N(CC#CC)c1sc(-c2cccnc2)nc1OC. The second-order valence-corrected chi connectivity index (χ2v) is 8.77. The number of hydrogen-bond acceptors (Lipinski definition) is 6. The van der Waals surface area contributed by atoms with Gasteiger partial charge in [-0.05, 0) is 31.2 Å². The highest BCUT2D eigenvalue weighted by Gasteiger charge is 2.56. The Bertz CT molecular complexity index is 906. The van der Waals surface area contributed by atoms with E-state index in [2.05, 4.69) is 28.4 Å². The Balaban J connectivity index is 1.70. The lowest BCUT2D eigenvalue weighted by Gasteiger charge is -2.23. The molecule has 0 spiro atoms. The third kappa shape index (κ3) is 5.49. The average molecular weight is 436 g/mol. The Kier molecular flexibility index (Phi) is 7.14. The van der Waals surface area contributed by atoms with Crippen molar-refractivity contribution in [3.8, 4) is 28.3 Å². The second kappa shape index (κ2) is 9.59. The number of halogens is 2. The molecule has 1 aliphatic rings. The zero-order valence-electron chi connectivity index (χ0n) is 16.5. The molecule has 0 N–H and O–H groups in total. The summed E-state index contributed by atoms with van der Waals surface area (Å²) in [6.07, 6.45) is 4.18. The van der Waals surface area contributed by atoms with Gasteiger partial charge in [-0.15, -0.1) is 5.92 Å². The van der Waals surface area contributed by atoms with E-state index in [1.165, 1.54) is 11.3 Å². The number of rotatable bonds is 10. The van der Waals surface area contributed by atoms with Crippen LogP contribution in [-0.4, -0.2) is 41.1 Å². The summed E-state index contributed by atoms with van der Waals surface area (Å²) in [5.74, 6) is 4.81. The predicted octanol–water partition coefficient (Wildman–Crippen LogP) is 5.34. The molecule has 1 unspecified atom stereocenters. The number of alkyl halides is 2. The third-order valence-electron chi connectivity index (χ3n) is 4.53. The summed E-state index contributed by atoms with van der Waals surface area (Å²) >= 11 is 3.04. The van der Waals surface area contributed by atoms with Crippen LogP contribution in [0.5, 0.6) is 5.88 Å². The minimum atomic E-state index is -2.45. The molecule has 0 bridgehead atoms. The quantitative estimate of drug-likeness (QED) is 0.372. The topological polar surface area (TPSA) is 38.2 Å². The van der Waals surface area contributed by atoms with Gasteiger partial charge in [0.1, 0.15) is 5.01 Å². The maximum Gasteiger partial charge on any atom is 0.252 e. The van der Waals surface area contributed by atoms with Gasteiger partial charge in [-0.25, -0.2) is 8.78 Å². The number of aromatic nitrogens is 2. The smallest absolute Gasteiger partial charge is 0.252 e. The standard InChI is InChI=1S/C21H23F2N3OS2/c1-4-5-10-26(15(2)8-11-28-14-17-12-21(17,22)23)20-18(27-3)25-19(29-20)16-7-6-9-24-13-16/h6-7,9,13,17H,2,8,10-12,14H2,1,3H3. The van der Waals surface area contributed by atoms with Crippen molar-refractivity contribution in [2.45, 2.75) is 25.7 Å². The molecule has 1 atom stereocenters. The van der Waals surface area contributed by atoms with Crippen molar-refractivity contribution in [2.24, 2.45) is 5.92 Å². The Morgan fingerprint density at radius 1 is 1.52 bits per heavy atom. The number of allylic oxidation sites excluding steroid dienone is 1. The van der Waals surface area contributed by atoms with Crippen molar-refractivity contribution in [2.75, 3.05) is 30.1 Å². The van der Waals surface area contributed by atoms with Crippen LogP contribution in [0.2, 0.25) is 0 Å². The summed E-state index contributed by atoms with van der Waals surface area (Å²) in [6, 6.07) is 3.81. The van der Waals surface area contributed by atoms with Crippen molar-refractivity contribution in [1.82, 2.24) is 9.97 Å². The highest BCUT2D eigenvalue weighted by Crippen LogP contribution is 2.50. The summed E-state index contributed by atoms with van der Waals surface area (Å²) in [5, 5.41) is 1.63. The number of methoxy groups -OCH3 is 1. The highest BCUT2D eigenvalue weighted by atomic mass is 32.2. The fourth-order valence-electron chi connectivity index (χ4n) is 2.70. The van der Waals surface area contributed by atoms with Gasteiger partial charge in [0.05, 0.1) is 13.7 Å². The van der Waals surface area contributed by atoms with E-state index in [1.807, 2.05) is 17.0 Å². The van der Waals surface area contributed by atoms with Crippen LogP contribution in [0.1, 0.15) is 19.8 Å². The number of thioether (sulfide) groups is 1. The van der Waals surface area contributed by atoms with E-state index in [-0.39, 0.29) is 6.42 Å². The van der Waals surface area contributed by atoms with E-state index < -0.39 is 11.8 Å². The fraction of sp³-hybridized carbons (Fsp3) is 0.429. The van der Waals surface area contributed by atoms with E-state index in [1.54, 1.807) is 38.2 Å². The zero-order valence-corrected chi connectivity index (χ0v) is 18.1. The van der Waals surface area contributed by atoms with Gasteiger partial charge in [-0.3, -0.25) is 4.98 Å². The van der Waals surface area contributed by atoms with Gasteiger partial charge in [-0.2, -0.15) is 16.7 Å². The number of ether oxygens (including phenoxy) is 1. The molecule has 2 aromatic rings. The minimum Gasteiger partial charge on any atom is -0.479 e. The summed E-state index contributed by atoms with van der Waals surface area (Å²) in [4.78, 5) is 10.7. The third-order valence-corrected chi connectivity index (χ3v) is 6.77. The lowest BCUT2D eigenvalue weighted by molar-refractivity contribution is 0.103. The molecule has 3 rings (SSSR count). The fourth-order valence-corrected chi connectivity index (χ4v) is 4.96. The van der Waals surface area contributed by atoms with Crippen LogP contribution in [0.4, 0.5) is 13.8 Å². The number of thiazole rings is 1. The van der Waals surface area contributed by atoms with Crippen molar-refractivity contribution >= 4 is 28.1 Å². The zero-order chi connectivity index (χ0) is 20.9. The summed E-state index contributed by atoms with van der Waals surface area (Å²) in [5.41, 5.74) is 1.78. The Morgan fingerprint density at radius 2 is 2.31 bits per heavy atom. The molecule has 0 aliphatic heterocycles. The van der Waals surface area contributed by atoms with Gasteiger partial charge in [0.25, 0.3) is 5.92 Å². The van der Waals surface area contributed by atoms with Gasteiger partial charge < -0.3 is 9.64 Å². The molecule has 1 aliphatic carbocycles. The molecule has 2 heterocycles. The molecule has 0 radical (unpaired) electrons. The predicted molar refractivity (Wildman–Crippen MR) is 117 cm³/mol. The normalized spacial score (nSPS) is 16.6. The van der Waals surface area contributed by atoms with Crippen molar-refractivity contribution in [3.63, 3.8) is 0 Å². The molecule has 4 nitrogen and oxygen atoms in total. The summed E-state index contributed by atoms with van der Waals surface area (Å²) < 4.78 is 31.5. The number of nitrogens with zero attached hydrogens (tertiary/aromatic N) is 3. The van der Waals surface area contributed by atoms with E-state index in [9.17, 15) is 8.78 Å². The Labute approximate surface area is 178 Å². The molecule has 2 aromatic heterocycles. The van der Waals surface area contributed by atoms with Crippen molar-refractivity contribution in [3.05, 3.63) is 36.8 Å². The Morgan fingerprint density at radius 3 is 2.93 bits per heavy atom. The molecule has 29 heavy (non-hydrogen) atoms. The van der Waals surface area contributed by atoms with Gasteiger partial charge in [-0.1, -0.05) is 23.8 Å². The molecule has 0 amide bonds. The van der Waals surface area contributed by atoms with Gasteiger partial charge >= 0.3 is 0 Å². The van der Waals surface area contributed by atoms with Crippen LogP contribution >= 0.6 is 23.1 Å². The first-order valence-corrected chi connectivity index (χ1v) is 11.2. The Hall–Kier alpha value is -2.11. The maximum atomic E-state index is 13.0. The van der Waals surface area contributed by atoms with Crippen molar-refractivity contribution in [1.29, 1.82) is 0 Å². The van der Waals surface area contributed by atoms with Crippen molar-refractivity contribution < 1.29 is 13.5 Å². The van der Waals surface area contributed by atoms with Gasteiger partial charge in [0.2, 0.25) is 5.88 Å². The average Bonchev–Trinajstić information content (AvgIpc) is 3.13. The number of anilines is 1. The summed E-state index contributed by atoms with van der Waals surface area (Å²) in [7, 11) is 1.59. The van der Waals surface area contributed by atoms with E-state index in [0.29, 0.717) is 24.6 Å². The molecule has 0 aromatic carbocycles. The van der Waals surface area contributed by atoms with Crippen LogP contribution in [0.25, 0.3) is 10.6 Å². The summed E-state index contributed by atoms with van der Waals surface area (Å²) in [6.45, 7) is 6.46. The number of pyridine rings is 1. The monoisotopic (exact) mass is 435 g/mol. The maximum absolute atomic E-state index is 13.0. The first-order chi connectivity index (χ1) is 14.0. The second-order valence-electron chi connectivity index (χ2n) is 6.64. The first-order valence-electron chi connectivity index (χ1n) is 9.22. The molecule has 8 heteroatoms. The molecule has 1 fully saturated rings.